The Morgan fingerprint density at radius 3 is 2.19 bits per heavy atom. The van der Waals surface area contributed by atoms with Crippen LogP contribution < -0.4 is 5.84 Å². The summed E-state index contributed by atoms with van der Waals surface area (Å²) in [5, 5.41) is 3.94. The summed E-state index contributed by atoms with van der Waals surface area (Å²) in [6.07, 6.45) is 8.30. The van der Waals surface area contributed by atoms with Crippen LogP contribution >= 0.6 is 0 Å². The smallest absolute Gasteiger partial charge is 0.0918 e. The van der Waals surface area contributed by atoms with Gasteiger partial charge < -0.3 is 10.7 Å². The lowest BCUT2D eigenvalue weighted by atomic mass is 9.86. The summed E-state index contributed by atoms with van der Waals surface area (Å²) in [6, 6.07) is 0.345. The number of hydrazone groups is 1. The number of hydrogen-bond donors (Lipinski definition) is 1. The highest BCUT2D eigenvalue weighted by Crippen LogP contribution is 2.26. The maximum absolute atomic E-state index is 5.56. The molecule has 1 unspecified atom stereocenters. The second-order valence-corrected chi connectivity index (χ2v) is 8.76. The number of piperidine rings is 2. The molecule has 150 valence electrons. The molecular weight excluding hydrogens is 322 g/mol. The van der Waals surface area contributed by atoms with Gasteiger partial charge in [0, 0.05) is 25.3 Å². The normalized spacial score (nSPS) is 24.0. The quantitative estimate of drug-likeness (QED) is 0.409. The average molecular weight is 364 g/mol. The van der Waals surface area contributed by atoms with Crippen LogP contribution in [0.3, 0.4) is 0 Å². The van der Waals surface area contributed by atoms with E-state index in [9.17, 15) is 0 Å². The van der Waals surface area contributed by atoms with Crippen molar-refractivity contribution >= 4 is 11.9 Å². The van der Waals surface area contributed by atoms with Crippen LogP contribution in [0.15, 0.2) is 10.1 Å². The average Bonchev–Trinajstić information content (AvgIpc) is 2.66. The van der Waals surface area contributed by atoms with Crippen LogP contribution in [-0.4, -0.2) is 67.0 Å². The van der Waals surface area contributed by atoms with E-state index in [0.29, 0.717) is 6.04 Å². The minimum absolute atomic E-state index is 0.345. The van der Waals surface area contributed by atoms with Crippen molar-refractivity contribution in [2.24, 2.45) is 33.7 Å². The lowest BCUT2D eigenvalue weighted by Crippen LogP contribution is -2.43. The number of likely N-dealkylation sites (tertiary alicyclic amines) is 2. The van der Waals surface area contributed by atoms with Gasteiger partial charge in [0.2, 0.25) is 0 Å². The van der Waals surface area contributed by atoms with Crippen LogP contribution in [0.1, 0.15) is 59.8 Å². The number of nitrogens with two attached hydrogens (primary N) is 1. The van der Waals surface area contributed by atoms with Crippen molar-refractivity contribution in [2.45, 2.75) is 65.8 Å². The number of aliphatic imine (C=N–C) groups is 1. The van der Waals surface area contributed by atoms with Gasteiger partial charge in [0.25, 0.3) is 0 Å². The van der Waals surface area contributed by atoms with Gasteiger partial charge in [-0.2, -0.15) is 5.10 Å². The standard InChI is InChI=1S/C21H41N5/c1-5-18(4)23-14-21(24-22)16-26-10-6-19(7-11-26)15-25-12-8-20(9-13-25)17(2)3/h14,17-20H,5-13,15-16,22H2,1-4H3/b23-14?,24-21+. The molecule has 0 bridgehead atoms. The molecule has 2 rings (SSSR count). The van der Waals surface area contributed by atoms with Crippen LogP contribution in [0, 0.1) is 17.8 Å². The van der Waals surface area contributed by atoms with E-state index in [1.807, 2.05) is 6.21 Å². The van der Waals surface area contributed by atoms with E-state index in [-0.39, 0.29) is 0 Å². The van der Waals surface area contributed by atoms with Crippen molar-refractivity contribution in [1.29, 1.82) is 0 Å². The molecule has 0 aromatic heterocycles. The van der Waals surface area contributed by atoms with Gasteiger partial charge in [-0.25, -0.2) is 0 Å². The Bertz CT molecular complexity index is 443. The van der Waals surface area contributed by atoms with Crippen LogP contribution in [0.25, 0.3) is 0 Å². The number of hydrogen-bond acceptors (Lipinski definition) is 5. The Balaban J connectivity index is 1.68. The molecule has 2 aliphatic heterocycles. The molecule has 0 amide bonds. The van der Waals surface area contributed by atoms with E-state index >= 15 is 0 Å². The molecule has 5 heteroatoms. The van der Waals surface area contributed by atoms with Gasteiger partial charge >= 0.3 is 0 Å². The maximum Gasteiger partial charge on any atom is 0.0918 e. The predicted octanol–water partition coefficient (Wildman–Crippen LogP) is 3.25. The Morgan fingerprint density at radius 1 is 1.04 bits per heavy atom. The first-order valence-electron chi connectivity index (χ1n) is 10.8. The highest BCUT2D eigenvalue weighted by atomic mass is 15.2. The summed E-state index contributed by atoms with van der Waals surface area (Å²) in [6.45, 7) is 16.1. The van der Waals surface area contributed by atoms with E-state index in [1.165, 1.54) is 45.3 Å². The Morgan fingerprint density at radius 2 is 1.65 bits per heavy atom. The summed E-state index contributed by atoms with van der Waals surface area (Å²) in [7, 11) is 0. The molecule has 5 nitrogen and oxygen atoms in total. The fraction of sp³-hybridized carbons (Fsp3) is 0.905. The maximum atomic E-state index is 5.56. The molecule has 26 heavy (non-hydrogen) atoms. The summed E-state index contributed by atoms with van der Waals surface area (Å²) in [5.41, 5.74) is 0.902. The Labute approximate surface area is 161 Å². The zero-order valence-electron chi connectivity index (χ0n) is 17.5. The molecular formula is C21H41N5. The third kappa shape index (κ3) is 6.99. The van der Waals surface area contributed by atoms with E-state index in [1.54, 1.807) is 0 Å². The van der Waals surface area contributed by atoms with Gasteiger partial charge in [0.05, 0.1) is 5.71 Å². The Kier molecular flexibility index (Phi) is 9.06. The highest BCUT2D eigenvalue weighted by molar-refractivity contribution is 6.31. The van der Waals surface area contributed by atoms with Gasteiger partial charge in [0.1, 0.15) is 0 Å². The second-order valence-electron chi connectivity index (χ2n) is 8.76. The van der Waals surface area contributed by atoms with Crippen LogP contribution in [-0.2, 0) is 0 Å². The molecule has 2 fully saturated rings. The van der Waals surface area contributed by atoms with Crippen LogP contribution in [0.4, 0.5) is 0 Å². The predicted molar refractivity (Wildman–Crippen MR) is 113 cm³/mol. The van der Waals surface area contributed by atoms with Crippen LogP contribution in [0.2, 0.25) is 0 Å². The molecule has 2 aliphatic rings. The van der Waals surface area contributed by atoms with Crippen LogP contribution in [0.5, 0.6) is 0 Å². The summed E-state index contributed by atoms with van der Waals surface area (Å²) in [4.78, 5) is 9.72. The van der Waals surface area contributed by atoms with Crippen molar-refractivity contribution < 1.29 is 0 Å². The summed E-state index contributed by atoms with van der Waals surface area (Å²) < 4.78 is 0. The number of nitrogens with zero attached hydrogens (tertiary/aromatic N) is 4. The summed E-state index contributed by atoms with van der Waals surface area (Å²) >= 11 is 0. The summed E-state index contributed by atoms with van der Waals surface area (Å²) in [5.74, 6) is 8.21. The van der Waals surface area contributed by atoms with E-state index in [0.717, 1.165) is 49.5 Å². The van der Waals surface area contributed by atoms with Gasteiger partial charge in [-0.15, -0.1) is 0 Å². The van der Waals surface area contributed by atoms with Gasteiger partial charge in [0.15, 0.2) is 0 Å². The third-order valence-corrected chi connectivity index (χ3v) is 6.42. The SMILES string of the molecule is CCC(C)N=C/C(CN1CCC(CN2CCC(C(C)C)CC2)CC1)=N\N. The number of rotatable bonds is 8. The minimum atomic E-state index is 0.345. The molecule has 2 N–H and O–H groups in total. The zero-order valence-corrected chi connectivity index (χ0v) is 17.5. The van der Waals surface area contributed by atoms with E-state index in [4.69, 9.17) is 5.84 Å². The van der Waals surface area contributed by atoms with Crippen molar-refractivity contribution in [2.75, 3.05) is 39.3 Å². The molecule has 0 radical (unpaired) electrons. The second kappa shape index (κ2) is 11.0. The molecule has 0 aliphatic carbocycles. The highest BCUT2D eigenvalue weighted by Gasteiger charge is 2.25. The first-order chi connectivity index (χ1) is 12.5. The van der Waals surface area contributed by atoms with E-state index in [2.05, 4.69) is 47.6 Å². The zero-order chi connectivity index (χ0) is 18.9. The lowest BCUT2D eigenvalue weighted by molar-refractivity contribution is 0.112. The lowest BCUT2D eigenvalue weighted by Gasteiger charge is -2.38. The minimum Gasteiger partial charge on any atom is -0.323 e. The van der Waals surface area contributed by atoms with Crippen molar-refractivity contribution in [3.05, 3.63) is 0 Å². The van der Waals surface area contributed by atoms with Crippen molar-refractivity contribution in [1.82, 2.24) is 9.80 Å². The van der Waals surface area contributed by atoms with E-state index < -0.39 is 0 Å². The van der Waals surface area contributed by atoms with Crippen molar-refractivity contribution in [3.8, 4) is 0 Å². The fourth-order valence-electron chi connectivity index (χ4n) is 4.16. The molecule has 0 spiro atoms. The largest absolute Gasteiger partial charge is 0.323 e. The van der Waals surface area contributed by atoms with Gasteiger partial charge in [-0.1, -0.05) is 20.8 Å². The monoisotopic (exact) mass is 363 g/mol. The first-order valence-corrected chi connectivity index (χ1v) is 10.8. The molecule has 1 atom stereocenters. The molecule has 0 saturated carbocycles. The van der Waals surface area contributed by atoms with Crippen molar-refractivity contribution in [3.63, 3.8) is 0 Å². The van der Waals surface area contributed by atoms with Gasteiger partial charge in [-0.05, 0) is 83.0 Å². The molecule has 0 aromatic carbocycles. The first kappa shape index (κ1) is 21.4. The Hall–Kier alpha value is -0.940. The third-order valence-electron chi connectivity index (χ3n) is 6.42. The fourth-order valence-corrected chi connectivity index (χ4v) is 4.16. The molecule has 2 saturated heterocycles. The molecule has 2 heterocycles. The molecule has 0 aromatic rings. The topological polar surface area (TPSA) is 57.2 Å². The van der Waals surface area contributed by atoms with Gasteiger partial charge in [-0.3, -0.25) is 9.89 Å².